The maximum atomic E-state index is 13.2. The number of fused-ring (bicyclic) bond motifs is 1. The highest BCUT2D eigenvalue weighted by Gasteiger charge is 2.55. The van der Waals surface area contributed by atoms with Crippen LogP contribution < -0.4 is 5.46 Å². The van der Waals surface area contributed by atoms with E-state index in [1.54, 1.807) is 0 Å². The lowest BCUT2D eigenvalue weighted by molar-refractivity contribution is -0.242. The molecule has 1 heterocycles. The molecule has 0 aromatic heterocycles. The van der Waals surface area contributed by atoms with Gasteiger partial charge in [-0.2, -0.15) is 22.0 Å². The Morgan fingerprint density at radius 2 is 1.82 bits per heavy atom. The molecule has 9 heteroatoms. The van der Waals surface area contributed by atoms with Crippen molar-refractivity contribution in [3.8, 4) is 0 Å². The summed E-state index contributed by atoms with van der Waals surface area (Å²) < 4.78 is 63.5. The Kier molecular flexibility index (Phi) is 2.46. The molecule has 0 amide bonds. The number of halogens is 5. The van der Waals surface area contributed by atoms with E-state index in [4.69, 9.17) is 5.21 Å². The predicted octanol–water partition coefficient (Wildman–Crippen LogP) is 1.15. The number of alkyl halides is 5. The third-order valence-corrected chi connectivity index (χ3v) is 2.50. The zero-order chi connectivity index (χ0) is 13.0. The largest absolute Gasteiger partial charge is 0.447 e. The van der Waals surface area contributed by atoms with E-state index in [9.17, 15) is 27.0 Å². The van der Waals surface area contributed by atoms with Crippen LogP contribution in [0.3, 0.4) is 0 Å². The topological polar surface area (TPSA) is 43.7 Å². The van der Waals surface area contributed by atoms with Gasteiger partial charge in [0.05, 0.1) is 5.56 Å². The average molecular weight is 253 g/mol. The van der Waals surface area contributed by atoms with Gasteiger partial charge < -0.3 is 10.2 Å². The Hall–Kier alpha value is -1.19. The highest BCUT2D eigenvalue weighted by molar-refractivity contribution is 6.65. The van der Waals surface area contributed by atoms with Gasteiger partial charge in [0.2, 0.25) is 0 Å². The maximum Gasteiger partial charge on any atom is 0.447 e. The first kappa shape index (κ1) is 12.3. The first-order chi connectivity index (χ1) is 7.65. The summed E-state index contributed by atoms with van der Waals surface area (Å²) >= 11 is 0. The van der Waals surface area contributed by atoms with Crippen LogP contribution in [0.5, 0.6) is 0 Å². The summed E-state index contributed by atoms with van der Waals surface area (Å²) in [5.41, 5.74) is -2.67. The molecule has 0 bridgehead atoms. The summed E-state index contributed by atoms with van der Waals surface area (Å²) in [6, 6.07) is -2.50. The van der Waals surface area contributed by atoms with E-state index in [2.05, 4.69) is 0 Å². The second-order valence-corrected chi connectivity index (χ2v) is 3.56. The SMILES string of the molecule is OB1c2cc(C(F)(F)F)ccc2C(F)(F)N1O. The Morgan fingerprint density at radius 1 is 1.24 bits per heavy atom. The predicted molar refractivity (Wildman–Crippen MR) is 46.6 cm³/mol. The number of benzene rings is 1. The third kappa shape index (κ3) is 1.70. The van der Waals surface area contributed by atoms with E-state index in [-0.39, 0.29) is 0 Å². The van der Waals surface area contributed by atoms with E-state index >= 15 is 0 Å². The number of hydrogen-bond acceptors (Lipinski definition) is 3. The molecule has 0 saturated carbocycles. The Bertz CT molecular complexity index is 464. The second kappa shape index (κ2) is 3.41. The van der Waals surface area contributed by atoms with Crippen molar-refractivity contribution in [2.75, 3.05) is 0 Å². The van der Waals surface area contributed by atoms with Crippen molar-refractivity contribution < 1.29 is 32.2 Å². The minimum Gasteiger partial charge on any atom is -0.432 e. The van der Waals surface area contributed by atoms with E-state index in [1.165, 1.54) is 0 Å². The van der Waals surface area contributed by atoms with Gasteiger partial charge in [0.1, 0.15) is 0 Å². The lowest BCUT2D eigenvalue weighted by atomic mass is 9.75. The lowest BCUT2D eigenvalue weighted by Gasteiger charge is -2.18. The number of hydrogen-bond donors (Lipinski definition) is 2. The molecule has 2 rings (SSSR count). The molecule has 0 aliphatic carbocycles. The zero-order valence-corrected chi connectivity index (χ0v) is 8.04. The summed E-state index contributed by atoms with van der Waals surface area (Å²) in [5.74, 6) is 0. The Morgan fingerprint density at radius 3 is 2.35 bits per heavy atom. The molecular weight excluding hydrogens is 248 g/mol. The summed E-state index contributed by atoms with van der Waals surface area (Å²) in [4.78, 5) is -0.683. The van der Waals surface area contributed by atoms with Gasteiger partial charge >= 0.3 is 19.3 Å². The summed E-state index contributed by atoms with van der Waals surface area (Å²) in [5, 5.41) is 18.1. The minimum absolute atomic E-state index is 0.393. The van der Waals surface area contributed by atoms with Crippen molar-refractivity contribution in [3.63, 3.8) is 0 Å². The molecule has 0 saturated heterocycles. The molecule has 3 nitrogen and oxygen atoms in total. The summed E-state index contributed by atoms with van der Waals surface area (Å²) in [6.45, 7) is 0. The highest BCUT2D eigenvalue weighted by atomic mass is 19.4. The zero-order valence-electron chi connectivity index (χ0n) is 8.04. The van der Waals surface area contributed by atoms with Crippen molar-refractivity contribution in [1.29, 1.82) is 0 Å². The van der Waals surface area contributed by atoms with Crippen LogP contribution in [0.2, 0.25) is 0 Å². The van der Waals surface area contributed by atoms with Crippen LogP contribution in [-0.4, -0.2) is 22.3 Å². The molecular formula is C8H5BF5NO2. The van der Waals surface area contributed by atoms with E-state index in [0.29, 0.717) is 18.2 Å². The van der Waals surface area contributed by atoms with Crippen molar-refractivity contribution >= 4 is 12.5 Å². The molecule has 0 spiro atoms. The standard InChI is InChI=1S/C8H5BF5NO2/c10-7(11,12)4-1-2-5-6(3-4)9(16)15(17)8(5,13)14/h1-3,16-17H. The molecule has 92 valence electrons. The molecule has 1 aliphatic heterocycles. The molecule has 0 atom stereocenters. The fourth-order valence-electron chi connectivity index (χ4n) is 1.64. The molecule has 1 aliphatic rings. The van der Waals surface area contributed by atoms with Gasteiger partial charge in [-0.15, -0.1) is 4.97 Å². The average Bonchev–Trinajstić information content (AvgIpc) is 2.39. The van der Waals surface area contributed by atoms with Gasteiger partial charge in [0, 0.05) is 5.56 Å². The highest BCUT2D eigenvalue weighted by Crippen LogP contribution is 2.37. The summed E-state index contributed by atoms with van der Waals surface area (Å²) in [7, 11) is -2.18. The van der Waals surface area contributed by atoms with Crippen molar-refractivity contribution in [1.82, 2.24) is 4.97 Å². The smallest absolute Gasteiger partial charge is 0.432 e. The molecule has 1 aromatic carbocycles. The van der Waals surface area contributed by atoms with Crippen molar-refractivity contribution in [2.24, 2.45) is 0 Å². The normalized spacial score (nSPS) is 19.6. The van der Waals surface area contributed by atoms with Gasteiger partial charge in [0.25, 0.3) is 0 Å². The molecule has 0 fully saturated rings. The van der Waals surface area contributed by atoms with Crippen molar-refractivity contribution in [2.45, 2.75) is 12.2 Å². The minimum atomic E-state index is -4.70. The monoisotopic (exact) mass is 253 g/mol. The summed E-state index contributed by atoms with van der Waals surface area (Å²) in [6.07, 6.45) is -4.70. The van der Waals surface area contributed by atoms with Gasteiger partial charge in [-0.05, 0) is 11.5 Å². The van der Waals surface area contributed by atoms with E-state index in [0.717, 1.165) is 0 Å². The van der Waals surface area contributed by atoms with E-state index < -0.39 is 40.8 Å². The first-order valence-corrected chi connectivity index (χ1v) is 4.41. The second-order valence-electron chi connectivity index (χ2n) is 3.56. The van der Waals surface area contributed by atoms with Gasteiger partial charge in [0.15, 0.2) is 0 Å². The molecule has 2 N–H and O–H groups in total. The number of nitrogens with zero attached hydrogens (tertiary/aromatic N) is 1. The fourth-order valence-corrected chi connectivity index (χ4v) is 1.64. The molecule has 1 aromatic rings. The van der Waals surface area contributed by atoms with Gasteiger partial charge in [-0.3, -0.25) is 0 Å². The van der Waals surface area contributed by atoms with Crippen LogP contribution in [0.4, 0.5) is 22.0 Å². The molecule has 17 heavy (non-hydrogen) atoms. The number of rotatable bonds is 0. The van der Waals surface area contributed by atoms with Gasteiger partial charge in [-0.25, -0.2) is 0 Å². The van der Waals surface area contributed by atoms with Crippen LogP contribution in [0.1, 0.15) is 11.1 Å². The third-order valence-electron chi connectivity index (χ3n) is 2.50. The van der Waals surface area contributed by atoms with E-state index in [1.807, 2.05) is 0 Å². The van der Waals surface area contributed by atoms with Crippen LogP contribution in [0, 0.1) is 0 Å². The van der Waals surface area contributed by atoms with Gasteiger partial charge in [-0.1, -0.05) is 12.1 Å². The van der Waals surface area contributed by atoms with Crippen LogP contribution >= 0.6 is 0 Å². The number of hydroxylamine groups is 1. The van der Waals surface area contributed by atoms with Crippen molar-refractivity contribution in [3.05, 3.63) is 29.3 Å². The van der Waals surface area contributed by atoms with Crippen LogP contribution in [0.15, 0.2) is 18.2 Å². The maximum absolute atomic E-state index is 13.2. The fraction of sp³-hybridized carbons (Fsp3) is 0.250. The molecule has 0 unspecified atom stereocenters. The lowest BCUT2D eigenvalue weighted by Crippen LogP contribution is -2.44. The first-order valence-electron chi connectivity index (χ1n) is 4.41. The van der Waals surface area contributed by atoms with Crippen LogP contribution in [0.25, 0.3) is 0 Å². The molecule has 0 radical (unpaired) electrons. The Balaban J connectivity index is 2.57. The Labute approximate surface area is 92.2 Å². The van der Waals surface area contributed by atoms with Crippen LogP contribution in [-0.2, 0) is 12.2 Å². The quantitative estimate of drug-likeness (QED) is 0.414.